The average molecular weight is 279 g/mol. The molecule has 0 aliphatic heterocycles. The van der Waals surface area contributed by atoms with Crippen molar-refractivity contribution < 1.29 is 4.79 Å². The molecule has 2 rings (SSSR count). The van der Waals surface area contributed by atoms with Gasteiger partial charge < -0.3 is 5.32 Å². The summed E-state index contributed by atoms with van der Waals surface area (Å²) in [6.07, 6.45) is 3.12. The van der Waals surface area contributed by atoms with Crippen LogP contribution in [0.25, 0.3) is 0 Å². The van der Waals surface area contributed by atoms with Gasteiger partial charge in [-0.15, -0.1) is 0 Å². The first-order chi connectivity index (χ1) is 8.99. The molecule has 100 valence electrons. The van der Waals surface area contributed by atoms with Crippen molar-refractivity contribution in [2.45, 2.75) is 26.8 Å². The molecular weight excluding hydrogens is 264 g/mol. The molecule has 6 heteroatoms. The second kappa shape index (κ2) is 5.40. The summed E-state index contributed by atoms with van der Waals surface area (Å²) in [7, 11) is 0. The predicted molar refractivity (Wildman–Crippen MR) is 74.5 cm³/mol. The average Bonchev–Trinajstić information content (AvgIpc) is 2.76. The summed E-state index contributed by atoms with van der Waals surface area (Å²) in [5.74, 6) is 0.344. The lowest BCUT2D eigenvalue weighted by molar-refractivity contribution is 0.102. The standard InChI is InChI=1S/C13H15ClN4O/c1-8(2)18-12(4-5-16-18)17-13(19)10-7-15-9(3)6-11(10)14/h4-8H,1-3H3,(H,17,19). The van der Waals surface area contributed by atoms with Crippen molar-refractivity contribution in [3.8, 4) is 0 Å². The number of carbonyl (C=O) groups excluding carboxylic acids is 1. The van der Waals surface area contributed by atoms with Gasteiger partial charge in [0, 0.05) is 24.0 Å². The van der Waals surface area contributed by atoms with Crippen LogP contribution in [-0.2, 0) is 0 Å². The van der Waals surface area contributed by atoms with Crippen molar-refractivity contribution in [2.75, 3.05) is 5.32 Å². The van der Waals surface area contributed by atoms with E-state index in [0.29, 0.717) is 16.4 Å². The summed E-state index contributed by atoms with van der Waals surface area (Å²) < 4.78 is 1.73. The zero-order valence-electron chi connectivity index (χ0n) is 11.0. The van der Waals surface area contributed by atoms with Gasteiger partial charge in [-0.3, -0.25) is 9.78 Å². The van der Waals surface area contributed by atoms with Gasteiger partial charge >= 0.3 is 0 Å². The quantitative estimate of drug-likeness (QED) is 0.938. The number of nitrogens with zero attached hydrogens (tertiary/aromatic N) is 3. The molecule has 2 aromatic heterocycles. The lowest BCUT2D eigenvalue weighted by Gasteiger charge is -2.12. The summed E-state index contributed by atoms with van der Waals surface area (Å²) in [4.78, 5) is 16.2. The smallest absolute Gasteiger partial charge is 0.259 e. The SMILES string of the molecule is Cc1cc(Cl)c(C(=O)Nc2ccnn2C(C)C)cn1. The molecule has 0 unspecified atom stereocenters. The maximum absolute atomic E-state index is 12.1. The Morgan fingerprint density at radius 3 is 2.84 bits per heavy atom. The molecule has 19 heavy (non-hydrogen) atoms. The van der Waals surface area contributed by atoms with Gasteiger partial charge in [-0.05, 0) is 26.8 Å². The fourth-order valence-corrected chi connectivity index (χ4v) is 1.99. The minimum Gasteiger partial charge on any atom is -0.307 e. The Morgan fingerprint density at radius 2 is 2.21 bits per heavy atom. The van der Waals surface area contributed by atoms with E-state index in [0.717, 1.165) is 5.69 Å². The first kappa shape index (κ1) is 13.5. The zero-order valence-corrected chi connectivity index (χ0v) is 11.8. The van der Waals surface area contributed by atoms with Crippen molar-refractivity contribution >= 4 is 23.3 Å². The molecule has 0 aromatic carbocycles. The molecule has 0 spiro atoms. The normalized spacial score (nSPS) is 10.8. The molecule has 0 atom stereocenters. The number of carbonyl (C=O) groups is 1. The highest BCUT2D eigenvalue weighted by Crippen LogP contribution is 2.19. The van der Waals surface area contributed by atoms with E-state index in [1.165, 1.54) is 6.20 Å². The minimum atomic E-state index is -0.292. The lowest BCUT2D eigenvalue weighted by atomic mass is 10.2. The van der Waals surface area contributed by atoms with Crippen molar-refractivity contribution in [2.24, 2.45) is 0 Å². The molecule has 0 saturated heterocycles. The number of hydrogen-bond donors (Lipinski definition) is 1. The molecule has 5 nitrogen and oxygen atoms in total. The van der Waals surface area contributed by atoms with Crippen LogP contribution in [0.1, 0.15) is 35.9 Å². The number of nitrogens with one attached hydrogen (secondary N) is 1. The monoisotopic (exact) mass is 278 g/mol. The van der Waals surface area contributed by atoms with E-state index in [1.807, 2.05) is 20.8 Å². The van der Waals surface area contributed by atoms with Gasteiger partial charge in [0.1, 0.15) is 5.82 Å². The van der Waals surface area contributed by atoms with Crippen molar-refractivity contribution in [1.82, 2.24) is 14.8 Å². The van der Waals surface area contributed by atoms with E-state index >= 15 is 0 Å². The van der Waals surface area contributed by atoms with Crippen LogP contribution in [0.4, 0.5) is 5.82 Å². The molecule has 0 bridgehead atoms. The molecule has 1 amide bonds. The maximum Gasteiger partial charge on any atom is 0.259 e. The number of anilines is 1. The van der Waals surface area contributed by atoms with E-state index in [4.69, 9.17) is 11.6 Å². The Morgan fingerprint density at radius 1 is 1.47 bits per heavy atom. The summed E-state index contributed by atoms with van der Waals surface area (Å²) in [6.45, 7) is 5.80. The van der Waals surface area contributed by atoms with E-state index < -0.39 is 0 Å². The van der Waals surface area contributed by atoms with E-state index in [-0.39, 0.29) is 11.9 Å². The first-order valence-corrected chi connectivity index (χ1v) is 6.34. The van der Waals surface area contributed by atoms with Crippen LogP contribution in [-0.4, -0.2) is 20.7 Å². The zero-order chi connectivity index (χ0) is 14.0. The van der Waals surface area contributed by atoms with Gasteiger partial charge in [0.05, 0.1) is 16.8 Å². The summed E-state index contributed by atoms with van der Waals surface area (Å²) in [5.41, 5.74) is 1.12. The van der Waals surface area contributed by atoms with Crippen molar-refractivity contribution in [1.29, 1.82) is 0 Å². The number of halogens is 1. The van der Waals surface area contributed by atoms with E-state index in [2.05, 4.69) is 15.4 Å². The van der Waals surface area contributed by atoms with Crippen LogP contribution >= 0.6 is 11.6 Å². The summed E-state index contributed by atoms with van der Waals surface area (Å²) in [6, 6.07) is 3.57. The number of hydrogen-bond acceptors (Lipinski definition) is 3. The minimum absolute atomic E-state index is 0.164. The van der Waals surface area contributed by atoms with Crippen LogP contribution in [0.5, 0.6) is 0 Å². The second-order valence-corrected chi connectivity index (χ2v) is 4.92. The number of pyridine rings is 1. The maximum atomic E-state index is 12.1. The third-order valence-corrected chi connectivity index (χ3v) is 2.95. The summed E-state index contributed by atoms with van der Waals surface area (Å²) in [5, 5.41) is 7.33. The van der Waals surface area contributed by atoms with Crippen LogP contribution in [0.2, 0.25) is 5.02 Å². The molecule has 0 fully saturated rings. The number of aromatic nitrogens is 3. The van der Waals surface area contributed by atoms with Gasteiger partial charge in [0.2, 0.25) is 0 Å². The number of rotatable bonds is 3. The van der Waals surface area contributed by atoms with Crippen LogP contribution < -0.4 is 5.32 Å². The first-order valence-electron chi connectivity index (χ1n) is 5.96. The van der Waals surface area contributed by atoms with Gasteiger partial charge in [-0.25, -0.2) is 4.68 Å². The third kappa shape index (κ3) is 2.93. The van der Waals surface area contributed by atoms with Gasteiger partial charge in [0.25, 0.3) is 5.91 Å². The highest BCUT2D eigenvalue weighted by atomic mass is 35.5. The molecule has 0 saturated carbocycles. The lowest BCUT2D eigenvalue weighted by Crippen LogP contribution is -2.17. The Bertz CT molecular complexity index is 606. The molecule has 2 aromatic rings. The molecule has 0 radical (unpaired) electrons. The fraction of sp³-hybridized carbons (Fsp3) is 0.308. The van der Waals surface area contributed by atoms with Crippen LogP contribution in [0.3, 0.4) is 0 Å². The van der Waals surface area contributed by atoms with E-state index in [9.17, 15) is 4.79 Å². The Labute approximate surface area is 116 Å². The number of aryl methyl sites for hydroxylation is 1. The van der Waals surface area contributed by atoms with Gasteiger partial charge in [0.15, 0.2) is 0 Å². The predicted octanol–water partition coefficient (Wildman–Crippen LogP) is 3.07. The highest BCUT2D eigenvalue weighted by molar-refractivity contribution is 6.34. The second-order valence-electron chi connectivity index (χ2n) is 4.51. The van der Waals surface area contributed by atoms with Crippen molar-refractivity contribution in [3.05, 3.63) is 40.8 Å². The Balaban J connectivity index is 2.23. The Kier molecular flexibility index (Phi) is 3.85. The molecule has 1 N–H and O–H groups in total. The van der Waals surface area contributed by atoms with Gasteiger partial charge in [-0.1, -0.05) is 11.6 Å². The molecule has 0 aliphatic carbocycles. The van der Waals surface area contributed by atoms with E-state index in [1.54, 1.807) is 23.0 Å². The third-order valence-electron chi connectivity index (χ3n) is 2.64. The topological polar surface area (TPSA) is 59.8 Å². The van der Waals surface area contributed by atoms with Crippen LogP contribution in [0, 0.1) is 6.92 Å². The molecule has 2 heterocycles. The molecule has 0 aliphatic rings. The van der Waals surface area contributed by atoms with Gasteiger partial charge in [-0.2, -0.15) is 5.10 Å². The number of amides is 1. The Hall–Kier alpha value is -1.88. The highest BCUT2D eigenvalue weighted by Gasteiger charge is 2.14. The largest absolute Gasteiger partial charge is 0.307 e. The molecular formula is C13H15ClN4O. The van der Waals surface area contributed by atoms with Crippen LogP contribution in [0.15, 0.2) is 24.5 Å². The van der Waals surface area contributed by atoms with Crippen molar-refractivity contribution in [3.63, 3.8) is 0 Å². The summed E-state index contributed by atoms with van der Waals surface area (Å²) >= 11 is 6.04. The fourth-order valence-electron chi connectivity index (χ4n) is 1.70.